The zero-order valence-corrected chi connectivity index (χ0v) is 12.1. The van der Waals surface area contributed by atoms with Crippen LogP contribution in [0.25, 0.3) is 10.8 Å². The Morgan fingerprint density at radius 2 is 1.83 bits per heavy atom. The van der Waals surface area contributed by atoms with Crippen molar-refractivity contribution in [2.45, 2.75) is 6.92 Å². The van der Waals surface area contributed by atoms with E-state index < -0.39 is 0 Å². The van der Waals surface area contributed by atoms with Crippen LogP contribution < -0.4 is 10.6 Å². The molecule has 2 aromatic rings. The quantitative estimate of drug-likeness (QED) is 0.790. The molecule has 0 spiro atoms. The maximum atomic E-state index is 10.9. The lowest BCUT2D eigenvalue weighted by Crippen LogP contribution is -2.32. The Labute approximate surface area is 119 Å². The van der Waals surface area contributed by atoms with Crippen LogP contribution >= 0.6 is 28.1 Å². The van der Waals surface area contributed by atoms with Gasteiger partial charge in [0.25, 0.3) is 0 Å². The van der Waals surface area contributed by atoms with Crippen LogP contribution in [-0.2, 0) is 4.79 Å². The second kappa shape index (κ2) is 5.46. The summed E-state index contributed by atoms with van der Waals surface area (Å²) in [6.45, 7) is 1.42. The van der Waals surface area contributed by atoms with Crippen LogP contribution in [0.5, 0.6) is 0 Å². The van der Waals surface area contributed by atoms with E-state index in [0.29, 0.717) is 5.11 Å². The lowest BCUT2D eigenvalue weighted by Gasteiger charge is -2.11. The van der Waals surface area contributed by atoms with Gasteiger partial charge in [0.15, 0.2) is 5.11 Å². The van der Waals surface area contributed by atoms with E-state index in [1.54, 1.807) is 0 Å². The minimum atomic E-state index is -0.186. The fraction of sp³-hybridized carbons (Fsp3) is 0.0769. The first kappa shape index (κ1) is 13.0. The predicted octanol–water partition coefficient (Wildman–Crippen LogP) is 3.44. The molecule has 0 bridgehead atoms. The molecule has 5 heteroatoms. The van der Waals surface area contributed by atoms with Crippen molar-refractivity contribution in [2.75, 3.05) is 5.32 Å². The molecule has 0 atom stereocenters. The van der Waals surface area contributed by atoms with Crippen molar-refractivity contribution < 1.29 is 4.79 Å². The van der Waals surface area contributed by atoms with Gasteiger partial charge in [-0.15, -0.1) is 0 Å². The summed E-state index contributed by atoms with van der Waals surface area (Å²) in [5.41, 5.74) is 0.868. The van der Waals surface area contributed by atoms with Gasteiger partial charge in [-0.1, -0.05) is 40.2 Å². The van der Waals surface area contributed by atoms with E-state index in [1.165, 1.54) is 6.92 Å². The van der Waals surface area contributed by atoms with Gasteiger partial charge < -0.3 is 10.6 Å². The van der Waals surface area contributed by atoms with Gasteiger partial charge in [-0.3, -0.25) is 4.79 Å². The molecule has 0 saturated carbocycles. The molecule has 1 amide bonds. The lowest BCUT2D eigenvalue weighted by atomic mass is 10.1. The van der Waals surface area contributed by atoms with E-state index >= 15 is 0 Å². The summed E-state index contributed by atoms with van der Waals surface area (Å²) >= 11 is 8.56. The van der Waals surface area contributed by atoms with E-state index in [2.05, 4.69) is 26.6 Å². The Morgan fingerprint density at radius 1 is 1.17 bits per heavy atom. The summed E-state index contributed by atoms with van der Waals surface area (Å²) in [4.78, 5) is 10.9. The molecule has 0 fully saturated rings. The lowest BCUT2D eigenvalue weighted by molar-refractivity contribution is -0.117. The van der Waals surface area contributed by atoms with E-state index in [0.717, 1.165) is 20.9 Å². The number of thiocarbonyl (C=S) groups is 1. The highest BCUT2D eigenvalue weighted by Crippen LogP contribution is 2.29. The second-order valence-corrected chi connectivity index (χ2v) is 5.04. The van der Waals surface area contributed by atoms with Gasteiger partial charge in [-0.2, -0.15) is 0 Å². The number of halogens is 1. The molecule has 3 nitrogen and oxygen atoms in total. The van der Waals surface area contributed by atoms with Crippen LogP contribution in [0.15, 0.2) is 40.9 Å². The molecule has 18 heavy (non-hydrogen) atoms. The molecule has 0 aliphatic carbocycles. The van der Waals surface area contributed by atoms with Crippen molar-refractivity contribution in [1.29, 1.82) is 0 Å². The standard InChI is InChI=1S/C13H11BrN2OS/c1-8(17)15-13(18)16-12-7-6-11(14)9-4-2-3-5-10(9)12/h2-7H,1H3,(H2,15,16,17,18). The summed E-state index contributed by atoms with van der Waals surface area (Å²) < 4.78 is 1.02. The van der Waals surface area contributed by atoms with E-state index in [1.807, 2.05) is 36.4 Å². The van der Waals surface area contributed by atoms with Gasteiger partial charge in [0.2, 0.25) is 5.91 Å². The second-order valence-electron chi connectivity index (χ2n) is 3.78. The Balaban J connectivity index is 2.37. The van der Waals surface area contributed by atoms with Crippen molar-refractivity contribution in [2.24, 2.45) is 0 Å². The molecular weight excluding hydrogens is 312 g/mol. The maximum absolute atomic E-state index is 10.9. The fourth-order valence-electron chi connectivity index (χ4n) is 1.68. The molecule has 0 aromatic heterocycles. The van der Waals surface area contributed by atoms with Crippen molar-refractivity contribution in [3.8, 4) is 0 Å². The third kappa shape index (κ3) is 2.86. The molecule has 0 aliphatic rings. The number of hydrogen-bond acceptors (Lipinski definition) is 2. The first-order valence-corrected chi connectivity index (χ1v) is 6.54. The van der Waals surface area contributed by atoms with E-state index in [9.17, 15) is 4.79 Å². The Kier molecular flexibility index (Phi) is 3.93. The van der Waals surface area contributed by atoms with Crippen LogP contribution in [0.1, 0.15) is 6.92 Å². The van der Waals surface area contributed by atoms with Gasteiger partial charge in [0.1, 0.15) is 0 Å². The Bertz CT molecular complexity index is 627. The van der Waals surface area contributed by atoms with Gasteiger partial charge >= 0.3 is 0 Å². The SMILES string of the molecule is CC(=O)NC(=S)Nc1ccc(Br)c2ccccc12. The highest BCUT2D eigenvalue weighted by Gasteiger charge is 2.05. The molecule has 2 aromatic carbocycles. The summed E-state index contributed by atoms with van der Waals surface area (Å²) in [6.07, 6.45) is 0. The molecule has 2 rings (SSSR count). The highest BCUT2D eigenvalue weighted by molar-refractivity contribution is 9.10. The van der Waals surface area contributed by atoms with Gasteiger partial charge in [0, 0.05) is 22.5 Å². The van der Waals surface area contributed by atoms with E-state index in [4.69, 9.17) is 12.2 Å². The van der Waals surface area contributed by atoms with Gasteiger partial charge in [-0.25, -0.2) is 0 Å². The zero-order chi connectivity index (χ0) is 13.1. The van der Waals surface area contributed by atoms with Crippen LogP contribution in [-0.4, -0.2) is 11.0 Å². The molecule has 0 saturated heterocycles. The molecule has 92 valence electrons. The number of hydrogen-bond donors (Lipinski definition) is 2. The van der Waals surface area contributed by atoms with Crippen LogP contribution in [0.2, 0.25) is 0 Å². The number of fused-ring (bicyclic) bond motifs is 1. The van der Waals surface area contributed by atoms with Gasteiger partial charge in [-0.05, 0) is 29.7 Å². The molecule has 0 radical (unpaired) electrons. The minimum Gasteiger partial charge on any atom is -0.332 e. The summed E-state index contributed by atoms with van der Waals surface area (Å²) in [5.74, 6) is -0.186. The van der Waals surface area contributed by atoms with Crippen LogP contribution in [0, 0.1) is 0 Å². The van der Waals surface area contributed by atoms with Crippen molar-refractivity contribution in [1.82, 2.24) is 5.32 Å². The highest BCUT2D eigenvalue weighted by atomic mass is 79.9. The fourth-order valence-corrected chi connectivity index (χ4v) is 2.42. The number of rotatable bonds is 1. The number of amides is 1. The maximum Gasteiger partial charge on any atom is 0.222 e. The topological polar surface area (TPSA) is 41.1 Å². The van der Waals surface area contributed by atoms with Crippen LogP contribution in [0.3, 0.4) is 0 Å². The summed E-state index contributed by atoms with van der Waals surface area (Å²) in [7, 11) is 0. The van der Waals surface area contributed by atoms with Crippen molar-refractivity contribution >= 4 is 55.6 Å². The minimum absolute atomic E-state index is 0.186. The first-order valence-electron chi connectivity index (χ1n) is 5.34. The third-order valence-electron chi connectivity index (χ3n) is 2.41. The number of benzene rings is 2. The molecule has 0 heterocycles. The monoisotopic (exact) mass is 322 g/mol. The molecule has 0 unspecified atom stereocenters. The molecule has 2 N–H and O–H groups in total. The van der Waals surface area contributed by atoms with Gasteiger partial charge in [0.05, 0.1) is 0 Å². The summed E-state index contributed by atoms with van der Waals surface area (Å²) in [5, 5.41) is 8.00. The number of nitrogens with one attached hydrogen (secondary N) is 2. The number of carbonyl (C=O) groups excluding carboxylic acids is 1. The van der Waals surface area contributed by atoms with Crippen LogP contribution in [0.4, 0.5) is 5.69 Å². The number of carbonyl (C=O) groups is 1. The average molecular weight is 323 g/mol. The molecular formula is C13H11BrN2OS. The van der Waals surface area contributed by atoms with Crippen molar-refractivity contribution in [3.63, 3.8) is 0 Å². The summed E-state index contributed by atoms with van der Waals surface area (Å²) in [6, 6.07) is 11.8. The first-order chi connectivity index (χ1) is 8.58. The molecule has 0 aliphatic heterocycles. The largest absolute Gasteiger partial charge is 0.332 e. The zero-order valence-electron chi connectivity index (χ0n) is 9.66. The normalized spacial score (nSPS) is 10.1. The predicted molar refractivity (Wildman–Crippen MR) is 81.7 cm³/mol. The third-order valence-corrected chi connectivity index (χ3v) is 3.30. The average Bonchev–Trinajstić information content (AvgIpc) is 2.32. The van der Waals surface area contributed by atoms with Crippen molar-refractivity contribution in [3.05, 3.63) is 40.9 Å². The smallest absolute Gasteiger partial charge is 0.222 e. The Hall–Kier alpha value is -1.46. The Morgan fingerprint density at radius 3 is 2.50 bits per heavy atom. The van der Waals surface area contributed by atoms with E-state index in [-0.39, 0.29) is 5.91 Å². The number of anilines is 1.